The molecule has 89 heavy (non-hydrogen) atoms. The van der Waals surface area contributed by atoms with Gasteiger partial charge in [-0.15, -0.1) is 0 Å². The summed E-state index contributed by atoms with van der Waals surface area (Å²) in [5, 5.41) is 54.3. The molecule has 0 spiro atoms. The smallest absolute Gasteiger partial charge is 0.305 e. The first-order valence-corrected chi connectivity index (χ1v) is 38.8. The number of carbonyl (C=O) groups is 2. The SMILES string of the molecule is CCCCCC/C=C/CC/C=C/C(O)C(COC1OC(CO)C(O)C(O)C1O)NC(=O)CCCCCCCCCCCCCCCCCCC/C=C\CCCCCCCCCCCCCCCCCCCCOC(=O)CCCCCCCCCCCCCC. The minimum Gasteiger partial charge on any atom is -0.466 e. The van der Waals surface area contributed by atoms with Crippen molar-refractivity contribution in [1.82, 2.24) is 5.32 Å². The maximum Gasteiger partial charge on any atom is 0.305 e. The average molecular weight is 1260 g/mol. The second-order valence-corrected chi connectivity index (χ2v) is 27.1. The Balaban J connectivity index is 1.87. The lowest BCUT2D eigenvalue weighted by atomic mass is 9.99. The van der Waals surface area contributed by atoms with E-state index in [9.17, 15) is 35.1 Å². The van der Waals surface area contributed by atoms with Gasteiger partial charge in [0.2, 0.25) is 5.91 Å². The summed E-state index contributed by atoms with van der Waals surface area (Å²) in [7, 11) is 0. The van der Waals surface area contributed by atoms with Gasteiger partial charge in [-0.05, 0) is 70.6 Å². The molecular formula is C78H147NO10. The Morgan fingerprint density at radius 3 is 1.12 bits per heavy atom. The van der Waals surface area contributed by atoms with Crippen molar-refractivity contribution in [1.29, 1.82) is 0 Å². The Labute approximate surface area is 549 Å². The maximum absolute atomic E-state index is 13.0. The van der Waals surface area contributed by atoms with Crippen LogP contribution in [0.3, 0.4) is 0 Å². The highest BCUT2D eigenvalue weighted by Crippen LogP contribution is 2.24. The van der Waals surface area contributed by atoms with Crippen LogP contribution in [0.4, 0.5) is 0 Å². The highest BCUT2D eigenvalue weighted by molar-refractivity contribution is 5.76. The lowest BCUT2D eigenvalue weighted by molar-refractivity contribution is -0.302. The van der Waals surface area contributed by atoms with Crippen LogP contribution in [0.2, 0.25) is 0 Å². The van der Waals surface area contributed by atoms with E-state index in [2.05, 4.69) is 43.5 Å². The second kappa shape index (κ2) is 67.3. The van der Waals surface area contributed by atoms with Gasteiger partial charge in [-0.2, -0.15) is 0 Å². The molecule has 0 aliphatic carbocycles. The second-order valence-electron chi connectivity index (χ2n) is 27.1. The van der Waals surface area contributed by atoms with Crippen molar-refractivity contribution in [2.75, 3.05) is 19.8 Å². The number of hydrogen-bond donors (Lipinski definition) is 6. The number of ether oxygens (including phenoxy) is 3. The van der Waals surface area contributed by atoms with Gasteiger partial charge in [-0.3, -0.25) is 9.59 Å². The van der Waals surface area contributed by atoms with Gasteiger partial charge in [0.1, 0.15) is 24.4 Å². The molecule has 0 aromatic carbocycles. The molecule has 524 valence electrons. The molecule has 0 bridgehead atoms. The van der Waals surface area contributed by atoms with Crippen LogP contribution in [0.15, 0.2) is 36.5 Å². The molecule has 6 N–H and O–H groups in total. The molecule has 7 atom stereocenters. The van der Waals surface area contributed by atoms with Crippen LogP contribution in [0.5, 0.6) is 0 Å². The van der Waals surface area contributed by atoms with E-state index in [0.29, 0.717) is 19.4 Å². The number of aliphatic hydroxyl groups is 5. The van der Waals surface area contributed by atoms with Gasteiger partial charge in [-0.1, -0.05) is 339 Å². The standard InChI is InChI=1S/C78H147NO10/c1-3-5-7-9-11-13-15-46-50-54-58-62-66-74(83)87-67-63-59-55-51-47-44-42-40-38-36-34-32-30-28-26-24-22-20-18-16-17-19-21-23-25-27-29-31-33-35-37-39-41-43-45-49-53-57-61-65-73(82)79-70(69-88-78-77(86)76(85)75(84)72(68-80)89-78)71(81)64-60-56-52-48-14-12-10-8-6-4-2/h14,16-17,48,60,64,70-72,75-78,80-81,84-86H,3-13,15,18-47,49-59,61-63,65-69H2,1-2H3,(H,79,82)/b17-16-,48-14+,64-60+. The quantitative estimate of drug-likeness (QED) is 0.0195. The molecule has 1 fully saturated rings. The highest BCUT2D eigenvalue weighted by Gasteiger charge is 2.44. The van der Waals surface area contributed by atoms with Crippen LogP contribution in [0, 0.1) is 0 Å². The number of carbonyl (C=O) groups excluding carboxylic acids is 2. The van der Waals surface area contributed by atoms with Crippen molar-refractivity contribution >= 4 is 11.9 Å². The Bertz CT molecular complexity index is 1570. The van der Waals surface area contributed by atoms with Crippen LogP contribution < -0.4 is 5.32 Å². The summed E-state index contributed by atoms with van der Waals surface area (Å²) in [5.41, 5.74) is 0. The lowest BCUT2D eigenvalue weighted by Crippen LogP contribution is -2.60. The summed E-state index contributed by atoms with van der Waals surface area (Å²) in [6.45, 7) is 4.34. The number of amides is 1. The Morgan fingerprint density at radius 2 is 0.730 bits per heavy atom. The molecule has 0 aromatic heterocycles. The largest absolute Gasteiger partial charge is 0.466 e. The number of allylic oxidation sites excluding steroid dienone is 5. The Hall–Kier alpha value is -2.12. The first-order chi connectivity index (χ1) is 43.7. The molecule has 0 aromatic rings. The third-order valence-electron chi connectivity index (χ3n) is 18.5. The third-order valence-corrected chi connectivity index (χ3v) is 18.5. The van der Waals surface area contributed by atoms with Gasteiger partial charge in [-0.25, -0.2) is 0 Å². The van der Waals surface area contributed by atoms with Gasteiger partial charge in [0.15, 0.2) is 6.29 Å². The number of esters is 1. The van der Waals surface area contributed by atoms with Crippen LogP contribution in [-0.2, 0) is 23.8 Å². The van der Waals surface area contributed by atoms with Crippen molar-refractivity contribution in [3.63, 3.8) is 0 Å². The summed E-state index contributed by atoms with van der Waals surface area (Å²) < 4.78 is 16.7. The molecule has 0 saturated carbocycles. The summed E-state index contributed by atoms with van der Waals surface area (Å²) >= 11 is 0. The average Bonchev–Trinajstić information content (AvgIpc) is 2.81. The molecule has 7 unspecified atom stereocenters. The molecule has 1 aliphatic rings. The minimum absolute atomic E-state index is 0.0178. The zero-order valence-electron chi connectivity index (χ0n) is 58.4. The number of nitrogens with one attached hydrogen (secondary N) is 1. The summed E-state index contributed by atoms with van der Waals surface area (Å²) in [6.07, 6.45) is 77.7. The van der Waals surface area contributed by atoms with Gasteiger partial charge < -0.3 is 45.1 Å². The van der Waals surface area contributed by atoms with E-state index >= 15 is 0 Å². The number of rotatable bonds is 69. The van der Waals surface area contributed by atoms with E-state index in [1.807, 2.05) is 6.08 Å². The third kappa shape index (κ3) is 56.0. The van der Waals surface area contributed by atoms with Crippen molar-refractivity contribution in [2.24, 2.45) is 0 Å². The first-order valence-electron chi connectivity index (χ1n) is 38.8. The number of aliphatic hydroxyl groups excluding tert-OH is 5. The summed E-state index contributed by atoms with van der Waals surface area (Å²) in [4.78, 5) is 25.1. The monoisotopic (exact) mass is 1260 g/mol. The van der Waals surface area contributed by atoms with E-state index in [1.165, 1.54) is 308 Å². The van der Waals surface area contributed by atoms with Crippen molar-refractivity contribution in [3.8, 4) is 0 Å². The fraction of sp³-hybridized carbons (Fsp3) is 0.897. The van der Waals surface area contributed by atoms with Crippen LogP contribution in [-0.4, -0.2) is 100 Å². The zero-order chi connectivity index (χ0) is 64.4. The minimum atomic E-state index is -1.57. The van der Waals surface area contributed by atoms with E-state index in [1.54, 1.807) is 6.08 Å². The number of hydrogen-bond acceptors (Lipinski definition) is 10. The highest BCUT2D eigenvalue weighted by atomic mass is 16.7. The molecule has 1 aliphatic heterocycles. The van der Waals surface area contributed by atoms with E-state index in [0.717, 1.165) is 51.4 Å². The molecule has 11 heteroatoms. The van der Waals surface area contributed by atoms with E-state index in [4.69, 9.17) is 14.2 Å². The maximum atomic E-state index is 13.0. The molecule has 0 radical (unpaired) electrons. The van der Waals surface area contributed by atoms with Gasteiger partial charge in [0.25, 0.3) is 0 Å². The van der Waals surface area contributed by atoms with Gasteiger partial charge in [0, 0.05) is 12.8 Å². The van der Waals surface area contributed by atoms with Crippen LogP contribution in [0.1, 0.15) is 386 Å². The van der Waals surface area contributed by atoms with Gasteiger partial charge in [0.05, 0.1) is 32.0 Å². The van der Waals surface area contributed by atoms with Crippen molar-refractivity contribution in [3.05, 3.63) is 36.5 Å². The molecule has 1 saturated heterocycles. The van der Waals surface area contributed by atoms with Crippen molar-refractivity contribution < 1.29 is 49.3 Å². The Morgan fingerprint density at radius 1 is 0.404 bits per heavy atom. The first kappa shape index (κ1) is 84.9. The molecule has 11 nitrogen and oxygen atoms in total. The van der Waals surface area contributed by atoms with Crippen LogP contribution >= 0.6 is 0 Å². The van der Waals surface area contributed by atoms with Crippen molar-refractivity contribution in [2.45, 2.75) is 429 Å². The predicted octanol–water partition coefficient (Wildman–Crippen LogP) is 20.5. The van der Waals surface area contributed by atoms with E-state index < -0.39 is 49.5 Å². The predicted molar refractivity (Wildman–Crippen MR) is 375 cm³/mol. The van der Waals surface area contributed by atoms with Crippen LogP contribution in [0.25, 0.3) is 0 Å². The normalized spacial score (nSPS) is 17.9. The lowest BCUT2D eigenvalue weighted by Gasteiger charge is -2.40. The fourth-order valence-corrected chi connectivity index (χ4v) is 12.4. The topological polar surface area (TPSA) is 175 Å². The molecule has 1 rings (SSSR count). The fourth-order valence-electron chi connectivity index (χ4n) is 12.4. The molecule has 1 heterocycles. The summed E-state index contributed by atoms with van der Waals surface area (Å²) in [5.74, 6) is -0.170. The summed E-state index contributed by atoms with van der Waals surface area (Å²) in [6, 6.07) is -0.823. The molecule has 1 amide bonds. The van der Waals surface area contributed by atoms with E-state index in [-0.39, 0.29) is 18.5 Å². The zero-order valence-corrected chi connectivity index (χ0v) is 58.4. The number of unbranched alkanes of at least 4 members (excludes halogenated alkanes) is 51. The molecular weight excluding hydrogens is 1110 g/mol. The van der Waals surface area contributed by atoms with Gasteiger partial charge >= 0.3 is 5.97 Å². The Kier molecular flexibility index (Phi) is 64.2.